The van der Waals surface area contributed by atoms with E-state index in [1.807, 2.05) is 0 Å². The number of hydrogen-bond donors (Lipinski definition) is 2. The second-order valence-corrected chi connectivity index (χ2v) is 3.04. The fraction of sp³-hybridized carbons (Fsp3) is 0.182. The topological polar surface area (TPSA) is 49.3 Å². The van der Waals surface area contributed by atoms with Crippen LogP contribution in [0, 0.1) is 6.92 Å². The molecule has 0 saturated heterocycles. The number of aromatic hydroxyl groups is 1. The summed E-state index contributed by atoms with van der Waals surface area (Å²) in [5.41, 5.74) is 1.42. The first-order valence-corrected chi connectivity index (χ1v) is 4.34. The van der Waals surface area contributed by atoms with E-state index < -0.39 is 0 Å². The minimum Gasteiger partial charge on any atom is -0.508 e. The Bertz CT molecular complexity index is 358. The van der Waals surface area contributed by atoms with Crippen molar-refractivity contribution in [2.45, 2.75) is 13.3 Å². The number of hydrogen-bond acceptors (Lipinski definition) is 2. The molecule has 2 N–H and O–H groups in total. The van der Waals surface area contributed by atoms with Crippen molar-refractivity contribution in [3.63, 3.8) is 0 Å². The molecular weight excluding hydrogens is 178 g/mol. The lowest BCUT2D eigenvalue weighted by Crippen LogP contribution is -2.09. The predicted octanol–water partition coefficient (Wildman–Crippen LogP) is 2.22. The van der Waals surface area contributed by atoms with Crippen LogP contribution in [0.25, 0.3) is 0 Å². The van der Waals surface area contributed by atoms with Crippen molar-refractivity contribution in [2.75, 3.05) is 5.32 Å². The number of carbonyl (C=O) groups excluding carboxylic acids is 1. The fourth-order valence-corrected chi connectivity index (χ4v) is 1.08. The largest absolute Gasteiger partial charge is 0.508 e. The SMILES string of the molecule is C=CCC(=O)Nc1ccc(O)c(C)c1. The molecule has 1 aromatic rings. The standard InChI is InChI=1S/C11H13NO2/c1-3-4-11(14)12-9-5-6-10(13)8(2)7-9/h3,5-7,13H,1,4H2,2H3,(H,12,14). The molecule has 3 heteroatoms. The summed E-state index contributed by atoms with van der Waals surface area (Å²) in [5.74, 6) is 0.122. The highest BCUT2D eigenvalue weighted by molar-refractivity contribution is 5.91. The van der Waals surface area contributed by atoms with E-state index in [-0.39, 0.29) is 11.7 Å². The first kappa shape index (κ1) is 10.3. The molecule has 1 amide bonds. The van der Waals surface area contributed by atoms with Crippen LogP contribution in [-0.2, 0) is 4.79 Å². The Balaban J connectivity index is 2.72. The van der Waals surface area contributed by atoms with Gasteiger partial charge in [-0.05, 0) is 30.7 Å². The maximum absolute atomic E-state index is 11.2. The average molecular weight is 191 g/mol. The zero-order valence-corrected chi connectivity index (χ0v) is 8.08. The number of rotatable bonds is 3. The van der Waals surface area contributed by atoms with E-state index >= 15 is 0 Å². The van der Waals surface area contributed by atoms with Crippen molar-refractivity contribution >= 4 is 11.6 Å². The minimum atomic E-state index is -0.106. The Labute approximate surface area is 83.1 Å². The summed E-state index contributed by atoms with van der Waals surface area (Å²) in [5, 5.41) is 11.9. The van der Waals surface area contributed by atoms with Crippen molar-refractivity contribution in [3.8, 4) is 5.75 Å². The van der Waals surface area contributed by atoms with Gasteiger partial charge >= 0.3 is 0 Å². The van der Waals surface area contributed by atoms with Crippen LogP contribution in [-0.4, -0.2) is 11.0 Å². The van der Waals surface area contributed by atoms with Gasteiger partial charge in [0.25, 0.3) is 0 Å². The molecule has 0 radical (unpaired) electrons. The number of amides is 1. The van der Waals surface area contributed by atoms with Crippen LogP contribution >= 0.6 is 0 Å². The summed E-state index contributed by atoms with van der Waals surface area (Å²) in [6, 6.07) is 4.93. The molecule has 0 aliphatic rings. The number of anilines is 1. The van der Waals surface area contributed by atoms with Gasteiger partial charge in [0.05, 0.1) is 0 Å². The number of nitrogens with one attached hydrogen (secondary N) is 1. The van der Waals surface area contributed by atoms with Gasteiger partial charge in [0.2, 0.25) is 5.91 Å². The molecule has 0 aliphatic carbocycles. The lowest BCUT2D eigenvalue weighted by molar-refractivity contribution is -0.115. The first-order chi connectivity index (χ1) is 6.63. The Morgan fingerprint density at radius 2 is 2.36 bits per heavy atom. The maximum Gasteiger partial charge on any atom is 0.228 e. The van der Waals surface area contributed by atoms with Crippen LogP contribution in [0.3, 0.4) is 0 Å². The van der Waals surface area contributed by atoms with Crippen molar-refractivity contribution in [3.05, 3.63) is 36.4 Å². The number of aryl methyl sites for hydroxylation is 1. The van der Waals surface area contributed by atoms with Crippen LogP contribution in [0.5, 0.6) is 5.75 Å². The third-order valence-electron chi connectivity index (χ3n) is 1.81. The van der Waals surface area contributed by atoms with Gasteiger partial charge in [-0.3, -0.25) is 4.79 Å². The highest BCUT2D eigenvalue weighted by Gasteiger charge is 2.01. The summed E-state index contributed by atoms with van der Waals surface area (Å²) in [4.78, 5) is 11.2. The number of phenols is 1. The van der Waals surface area contributed by atoms with Gasteiger partial charge in [-0.25, -0.2) is 0 Å². The second kappa shape index (κ2) is 4.46. The van der Waals surface area contributed by atoms with Gasteiger partial charge in [0, 0.05) is 12.1 Å². The predicted molar refractivity (Wildman–Crippen MR) is 56.3 cm³/mol. The maximum atomic E-state index is 11.2. The Hall–Kier alpha value is -1.77. The lowest BCUT2D eigenvalue weighted by Gasteiger charge is -2.05. The van der Waals surface area contributed by atoms with Crippen molar-refractivity contribution < 1.29 is 9.90 Å². The summed E-state index contributed by atoms with van der Waals surface area (Å²) in [6.07, 6.45) is 1.84. The Morgan fingerprint density at radius 1 is 1.64 bits per heavy atom. The minimum absolute atomic E-state index is 0.106. The van der Waals surface area contributed by atoms with Gasteiger partial charge in [-0.2, -0.15) is 0 Å². The van der Waals surface area contributed by atoms with E-state index in [9.17, 15) is 9.90 Å². The average Bonchev–Trinajstić information content (AvgIpc) is 2.12. The molecule has 0 aromatic heterocycles. The van der Waals surface area contributed by atoms with E-state index in [1.165, 1.54) is 0 Å². The van der Waals surface area contributed by atoms with Gasteiger partial charge < -0.3 is 10.4 Å². The van der Waals surface area contributed by atoms with E-state index in [0.29, 0.717) is 12.1 Å². The Morgan fingerprint density at radius 3 is 2.93 bits per heavy atom. The molecule has 0 atom stereocenters. The quantitative estimate of drug-likeness (QED) is 0.568. The van der Waals surface area contributed by atoms with E-state index in [0.717, 1.165) is 5.56 Å². The van der Waals surface area contributed by atoms with Crippen molar-refractivity contribution in [1.82, 2.24) is 0 Å². The monoisotopic (exact) mass is 191 g/mol. The second-order valence-electron chi connectivity index (χ2n) is 3.04. The van der Waals surface area contributed by atoms with Crippen LogP contribution in [0.2, 0.25) is 0 Å². The van der Waals surface area contributed by atoms with Crippen LogP contribution in [0.15, 0.2) is 30.9 Å². The number of carbonyl (C=O) groups is 1. The zero-order valence-electron chi connectivity index (χ0n) is 8.08. The molecule has 0 spiro atoms. The van der Waals surface area contributed by atoms with Crippen LogP contribution < -0.4 is 5.32 Å². The van der Waals surface area contributed by atoms with E-state index in [2.05, 4.69) is 11.9 Å². The van der Waals surface area contributed by atoms with E-state index in [4.69, 9.17) is 0 Å². The number of benzene rings is 1. The highest BCUT2D eigenvalue weighted by Crippen LogP contribution is 2.20. The van der Waals surface area contributed by atoms with Gasteiger partial charge in [-0.15, -0.1) is 6.58 Å². The molecule has 1 aromatic carbocycles. The summed E-state index contributed by atoms with van der Waals surface area (Å²) in [7, 11) is 0. The molecule has 0 fully saturated rings. The Kier molecular flexibility index (Phi) is 3.29. The molecule has 14 heavy (non-hydrogen) atoms. The fourth-order valence-electron chi connectivity index (χ4n) is 1.08. The molecule has 0 heterocycles. The van der Waals surface area contributed by atoms with Crippen molar-refractivity contribution in [2.24, 2.45) is 0 Å². The molecule has 0 unspecified atom stereocenters. The zero-order chi connectivity index (χ0) is 10.6. The highest BCUT2D eigenvalue weighted by atomic mass is 16.3. The molecular formula is C11H13NO2. The van der Waals surface area contributed by atoms with Gasteiger partial charge in [0.1, 0.15) is 5.75 Å². The first-order valence-electron chi connectivity index (χ1n) is 4.34. The molecule has 0 saturated carbocycles. The summed E-state index contributed by atoms with van der Waals surface area (Å²) >= 11 is 0. The van der Waals surface area contributed by atoms with Crippen LogP contribution in [0.4, 0.5) is 5.69 Å². The van der Waals surface area contributed by atoms with E-state index in [1.54, 1.807) is 31.2 Å². The van der Waals surface area contributed by atoms with Gasteiger partial charge in [0.15, 0.2) is 0 Å². The smallest absolute Gasteiger partial charge is 0.228 e. The number of phenolic OH excluding ortho intramolecular Hbond substituents is 1. The lowest BCUT2D eigenvalue weighted by atomic mass is 10.2. The summed E-state index contributed by atoms with van der Waals surface area (Å²) < 4.78 is 0. The van der Waals surface area contributed by atoms with Crippen molar-refractivity contribution in [1.29, 1.82) is 0 Å². The third kappa shape index (κ3) is 2.62. The molecule has 1 rings (SSSR count). The van der Waals surface area contributed by atoms with Crippen LogP contribution in [0.1, 0.15) is 12.0 Å². The molecule has 3 nitrogen and oxygen atoms in total. The van der Waals surface area contributed by atoms with Gasteiger partial charge in [-0.1, -0.05) is 6.08 Å². The molecule has 0 bridgehead atoms. The molecule has 74 valence electrons. The normalized spacial score (nSPS) is 9.50. The third-order valence-corrected chi connectivity index (χ3v) is 1.81. The summed E-state index contributed by atoms with van der Waals surface area (Å²) in [6.45, 7) is 5.25. The molecule has 0 aliphatic heterocycles.